The highest BCUT2D eigenvalue weighted by Gasteiger charge is 2.25. The van der Waals surface area contributed by atoms with Crippen LogP contribution in [0.25, 0.3) is 22.0 Å². The number of carboxylic acid groups (broad SMARTS) is 1. The normalized spacial score (nSPS) is 14.4. The van der Waals surface area contributed by atoms with Crippen LogP contribution >= 0.6 is 0 Å². The molecule has 2 aromatic heterocycles. The summed E-state index contributed by atoms with van der Waals surface area (Å²) < 4.78 is 33.6. The number of carbonyl (C=O) groups is 1. The molecule has 0 amide bonds. The lowest BCUT2D eigenvalue weighted by molar-refractivity contribution is -0.142. The third-order valence-corrected chi connectivity index (χ3v) is 6.77. The summed E-state index contributed by atoms with van der Waals surface area (Å²) in [6.07, 6.45) is 4.50. The van der Waals surface area contributed by atoms with Gasteiger partial charge in [-0.3, -0.25) is 19.0 Å². The van der Waals surface area contributed by atoms with Gasteiger partial charge < -0.3 is 14.7 Å². The number of fused-ring (bicyclic) bond motifs is 1. The fraction of sp³-hybridized carbons (Fsp3) is 0.308. The Morgan fingerprint density at radius 3 is 2.49 bits per heavy atom. The maximum absolute atomic E-state index is 12.9. The highest BCUT2D eigenvalue weighted by atomic mass is 19.3. The predicted octanol–water partition coefficient (Wildman–Crippen LogP) is 3.75. The Kier molecular flexibility index (Phi) is 6.60. The zero-order chi connectivity index (χ0) is 26.1. The van der Waals surface area contributed by atoms with E-state index >= 15 is 0 Å². The number of alkyl halides is 2. The fourth-order valence-electron chi connectivity index (χ4n) is 4.71. The lowest BCUT2D eigenvalue weighted by Crippen LogP contribution is -2.37. The third-order valence-electron chi connectivity index (χ3n) is 6.77. The van der Waals surface area contributed by atoms with Crippen LogP contribution in [-0.4, -0.2) is 50.1 Å². The van der Waals surface area contributed by atoms with Crippen LogP contribution in [0, 0.1) is 5.92 Å². The molecule has 0 bridgehead atoms. The van der Waals surface area contributed by atoms with Crippen LogP contribution in [-0.2, 0) is 18.4 Å². The molecule has 1 aliphatic rings. The molecule has 0 aliphatic carbocycles. The van der Waals surface area contributed by atoms with Crippen molar-refractivity contribution in [1.29, 1.82) is 0 Å². The molecule has 1 N–H and O–H groups in total. The van der Waals surface area contributed by atoms with Crippen LogP contribution < -0.4 is 15.2 Å². The summed E-state index contributed by atoms with van der Waals surface area (Å²) >= 11 is 0. The molecule has 9 nitrogen and oxygen atoms in total. The van der Waals surface area contributed by atoms with Crippen LogP contribution in [0.15, 0.2) is 59.7 Å². The molecule has 37 heavy (non-hydrogen) atoms. The lowest BCUT2D eigenvalue weighted by Gasteiger charge is -2.30. The van der Waals surface area contributed by atoms with Crippen molar-refractivity contribution < 1.29 is 23.4 Å². The van der Waals surface area contributed by atoms with Gasteiger partial charge in [0.25, 0.3) is 5.56 Å². The first kappa shape index (κ1) is 24.4. The average Bonchev–Trinajstić information content (AvgIpc) is 3.14. The maximum Gasteiger partial charge on any atom is 0.387 e. The summed E-state index contributed by atoms with van der Waals surface area (Å²) in [5, 5.41) is 9.69. The third kappa shape index (κ3) is 4.89. The van der Waals surface area contributed by atoms with Crippen molar-refractivity contribution in [1.82, 2.24) is 19.3 Å². The minimum Gasteiger partial charge on any atom is -0.481 e. The van der Waals surface area contributed by atoms with Gasteiger partial charge in [-0.1, -0.05) is 24.3 Å². The van der Waals surface area contributed by atoms with Crippen molar-refractivity contribution in [3.8, 4) is 16.9 Å². The number of para-hydroxylation sites is 1. The van der Waals surface area contributed by atoms with Gasteiger partial charge in [0.1, 0.15) is 5.75 Å². The molecule has 1 aliphatic heterocycles. The molecule has 192 valence electrons. The van der Waals surface area contributed by atoms with E-state index in [9.17, 15) is 23.5 Å². The number of carboxylic acids is 1. The number of halogens is 2. The van der Waals surface area contributed by atoms with E-state index in [0.717, 1.165) is 11.1 Å². The van der Waals surface area contributed by atoms with Crippen LogP contribution in [0.4, 0.5) is 14.7 Å². The van der Waals surface area contributed by atoms with Crippen LogP contribution in [0.2, 0.25) is 0 Å². The molecule has 0 atom stereocenters. The zero-order valence-corrected chi connectivity index (χ0v) is 20.1. The van der Waals surface area contributed by atoms with Crippen molar-refractivity contribution in [2.45, 2.75) is 26.0 Å². The Bertz CT molecular complexity index is 1490. The van der Waals surface area contributed by atoms with Gasteiger partial charge in [-0.15, -0.1) is 0 Å². The van der Waals surface area contributed by atoms with Gasteiger partial charge in [0, 0.05) is 43.7 Å². The predicted molar refractivity (Wildman–Crippen MR) is 133 cm³/mol. The summed E-state index contributed by atoms with van der Waals surface area (Å²) in [6, 6.07) is 11.9. The second-order valence-corrected chi connectivity index (χ2v) is 8.98. The number of nitrogens with zero attached hydrogens (tertiary/aromatic N) is 5. The van der Waals surface area contributed by atoms with Crippen LogP contribution in [0.3, 0.4) is 0 Å². The Morgan fingerprint density at radius 2 is 1.81 bits per heavy atom. The molecule has 1 saturated heterocycles. The summed E-state index contributed by atoms with van der Waals surface area (Å²) in [5.41, 5.74) is 2.48. The number of ether oxygens (including phenoxy) is 1. The van der Waals surface area contributed by atoms with E-state index < -0.39 is 12.6 Å². The largest absolute Gasteiger partial charge is 0.481 e. The Balaban J connectivity index is 1.43. The topological polar surface area (TPSA) is 102 Å². The van der Waals surface area contributed by atoms with E-state index in [1.165, 1.54) is 10.7 Å². The van der Waals surface area contributed by atoms with Crippen molar-refractivity contribution in [3.63, 3.8) is 0 Å². The van der Waals surface area contributed by atoms with Gasteiger partial charge in [0.2, 0.25) is 5.95 Å². The second-order valence-electron chi connectivity index (χ2n) is 8.98. The molecule has 0 unspecified atom stereocenters. The number of aliphatic carboxylic acids is 1. The van der Waals surface area contributed by atoms with Gasteiger partial charge >= 0.3 is 12.6 Å². The summed E-state index contributed by atoms with van der Waals surface area (Å²) in [5.74, 6) is -0.504. The van der Waals surface area contributed by atoms with Gasteiger partial charge in [-0.05, 0) is 36.6 Å². The zero-order valence-electron chi connectivity index (χ0n) is 20.1. The molecular weight excluding hydrogens is 484 g/mol. The van der Waals surface area contributed by atoms with Gasteiger partial charge in [0.15, 0.2) is 0 Å². The second kappa shape index (κ2) is 10.00. The first-order valence-electron chi connectivity index (χ1n) is 11.8. The average molecular weight is 510 g/mol. The van der Waals surface area contributed by atoms with Gasteiger partial charge in [0.05, 0.1) is 23.4 Å². The minimum atomic E-state index is -2.95. The molecule has 4 aromatic rings. The highest BCUT2D eigenvalue weighted by molar-refractivity contribution is 5.84. The number of anilines is 1. The molecular formula is C26H25F2N5O4. The number of benzene rings is 2. The molecule has 5 rings (SSSR count). The van der Waals surface area contributed by atoms with Crippen LogP contribution in [0.5, 0.6) is 5.75 Å². The molecule has 1 fully saturated rings. The first-order valence-corrected chi connectivity index (χ1v) is 11.8. The molecule has 11 heteroatoms. The van der Waals surface area contributed by atoms with Crippen LogP contribution in [0.1, 0.15) is 18.4 Å². The van der Waals surface area contributed by atoms with E-state index in [-0.39, 0.29) is 23.8 Å². The number of hydrogen-bond donors (Lipinski definition) is 1. The van der Waals surface area contributed by atoms with Crippen molar-refractivity contribution in [2.24, 2.45) is 13.0 Å². The fourth-order valence-corrected chi connectivity index (χ4v) is 4.71. The smallest absolute Gasteiger partial charge is 0.387 e. The SMILES string of the molecule is Cn1c(=O)c2ccc(-c3cnc(N4CCC(C(=O)O)CC4)nc3)cc2n1Cc1ccccc1OC(F)F. The van der Waals surface area contributed by atoms with Gasteiger partial charge in [-0.2, -0.15) is 8.78 Å². The van der Waals surface area contributed by atoms with Crippen molar-refractivity contribution in [2.75, 3.05) is 18.0 Å². The molecule has 3 heterocycles. The standard InChI is InChI=1S/C26H25F2N5O4/c1-31-23(34)20-7-6-17(12-21(20)33(31)15-18-4-2-3-5-22(18)37-25(27)28)19-13-29-26(30-14-19)32-10-8-16(9-11-32)24(35)36/h2-7,12-14,16,25H,8-11,15H2,1H3,(H,35,36). The maximum atomic E-state index is 12.9. The summed E-state index contributed by atoms with van der Waals surface area (Å²) in [4.78, 5) is 35.0. The number of rotatable bonds is 7. The monoisotopic (exact) mass is 509 g/mol. The summed E-state index contributed by atoms with van der Waals surface area (Å²) in [6.45, 7) is -1.64. The molecule has 0 saturated carbocycles. The lowest BCUT2D eigenvalue weighted by atomic mass is 9.97. The van der Waals surface area contributed by atoms with Crippen molar-refractivity contribution >= 4 is 22.8 Å². The van der Waals surface area contributed by atoms with E-state index in [2.05, 4.69) is 14.7 Å². The molecule has 2 aromatic carbocycles. The Morgan fingerprint density at radius 1 is 1.11 bits per heavy atom. The number of aromatic nitrogens is 4. The summed E-state index contributed by atoms with van der Waals surface area (Å²) in [7, 11) is 1.63. The van der Waals surface area contributed by atoms with E-state index in [0.29, 0.717) is 48.3 Å². The van der Waals surface area contributed by atoms with E-state index in [4.69, 9.17) is 0 Å². The Hall–Kier alpha value is -4.28. The molecule has 0 spiro atoms. The van der Waals surface area contributed by atoms with Crippen molar-refractivity contribution in [3.05, 3.63) is 70.8 Å². The molecule has 0 radical (unpaired) electrons. The Labute approximate surface area is 210 Å². The van der Waals surface area contributed by atoms with E-state index in [1.807, 2.05) is 17.0 Å². The van der Waals surface area contributed by atoms with Gasteiger partial charge in [-0.25, -0.2) is 9.97 Å². The highest BCUT2D eigenvalue weighted by Crippen LogP contribution is 2.27. The quantitative estimate of drug-likeness (QED) is 0.405. The number of hydrogen-bond acceptors (Lipinski definition) is 6. The van der Waals surface area contributed by atoms with E-state index in [1.54, 1.807) is 48.4 Å². The number of piperidine rings is 1. The minimum absolute atomic E-state index is 0.0549. The first-order chi connectivity index (χ1) is 17.8.